The number of nitrogens with one attached hydrogen (secondary N) is 1. The summed E-state index contributed by atoms with van der Waals surface area (Å²) in [6.45, 7) is 2.03. The molecule has 1 atom stereocenters. The zero-order valence-corrected chi connectivity index (χ0v) is 8.57. The third-order valence-corrected chi connectivity index (χ3v) is 2.29. The molecular formula is C9H10N4S. The van der Waals surface area contributed by atoms with Crippen LogP contribution in [-0.4, -0.2) is 20.6 Å². The Bertz CT molecular complexity index is 393. The monoisotopic (exact) mass is 206 g/mol. The first kappa shape index (κ1) is 9.21. The molecule has 0 fully saturated rings. The van der Waals surface area contributed by atoms with Crippen molar-refractivity contribution in [3.05, 3.63) is 29.8 Å². The van der Waals surface area contributed by atoms with E-state index in [0.29, 0.717) is 5.82 Å². The van der Waals surface area contributed by atoms with Gasteiger partial charge in [-0.25, -0.2) is 0 Å². The topological polar surface area (TPSA) is 54.5 Å². The zero-order valence-electron chi connectivity index (χ0n) is 7.68. The minimum absolute atomic E-state index is 0.245. The van der Waals surface area contributed by atoms with Crippen LogP contribution >= 0.6 is 12.6 Å². The Labute approximate surface area is 87.1 Å². The smallest absolute Gasteiger partial charge is 0.177 e. The van der Waals surface area contributed by atoms with Gasteiger partial charge < -0.3 is 0 Å². The predicted molar refractivity (Wildman–Crippen MR) is 57.0 cm³/mol. The molecule has 1 aromatic carbocycles. The Hall–Kier alpha value is -1.36. The Morgan fingerprint density at radius 1 is 1.29 bits per heavy atom. The molecule has 0 spiro atoms. The summed E-state index contributed by atoms with van der Waals surface area (Å²) in [4.78, 5) is 0. The van der Waals surface area contributed by atoms with Crippen LogP contribution in [0.25, 0.3) is 11.4 Å². The second kappa shape index (κ2) is 3.79. The number of aromatic nitrogens is 4. The standard InChI is InChI=1S/C9H10N4S/c1-6(14)7-2-4-8(5-3-7)9-10-12-13-11-9/h2-6,14H,1H3,(H,10,11,12,13). The molecule has 1 aromatic heterocycles. The first-order valence-electron chi connectivity index (χ1n) is 4.29. The Kier molecular flexibility index (Phi) is 2.49. The zero-order chi connectivity index (χ0) is 9.97. The van der Waals surface area contributed by atoms with Crippen molar-refractivity contribution in [2.75, 3.05) is 0 Å². The summed E-state index contributed by atoms with van der Waals surface area (Å²) >= 11 is 4.35. The van der Waals surface area contributed by atoms with Gasteiger partial charge in [-0.3, -0.25) is 0 Å². The van der Waals surface area contributed by atoms with Crippen molar-refractivity contribution in [1.29, 1.82) is 0 Å². The molecule has 1 N–H and O–H groups in total. The molecular weight excluding hydrogens is 196 g/mol. The molecule has 0 radical (unpaired) electrons. The molecule has 0 bridgehead atoms. The molecule has 0 aliphatic rings. The number of nitrogens with zero attached hydrogens (tertiary/aromatic N) is 3. The number of tetrazole rings is 1. The molecule has 0 aliphatic heterocycles. The van der Waals surface area contributed by atoms with E-state index >= 15 is 0 Å². The lowest BCUT2D eigenvalue weighted by atomic mass is 10.1. The van der Waals surface area contributed by atoms with Crippen molar-refractivity contribution < 1.29 is 0 Å². The molecule has 2 rings (SSSR count). The molecule has 0 saturated heterocycles. The first-order chi connectivity index (χ1) is 6.77. The Morgan fingerprint density at radius 2 is 2.00 bits per heavy atom. The van der Waals surface area contributed by atoms with E-state index < -0.39 is 0 Å². The van der Waals surface area contributed by atoms with Gasteiger partial charge in [0.05, 0.1) is 0 Å². The highest BCUT2D eigenvalue weighted by Gasteiger charge is 2.03. The molecule has 0 saturated carbocycles. The van der Waals surface area contributed by atoms with Crippen molar-refractivity contribution in [3.63, 3.8) is 0 Å². The van der Waals surface area contributed by atoms with E-state index in [1.807, 2.05) is 31.2 Å². The van der Waals surface area contributed by atoms with Gasteiger partial charge in [-0.2, -0.15) is 17.8 Å². The molecule has 2 aromatic rings. The quantitative estimate of drug-likeness (QED) is 0.737. The van der Waals surface area contributed by atoms with Crippen LogP contribution in [0.15, 0.2) is 24.3 Å². The van der Waals surface area contributed by atoms with Gasteiger partial charge in [0.15, 0.2) is 0 Å². The van der Waals surface area contributed by atoms with Gasteiger partial charge in [0.2, 0.25) is 5.82 Å². The molecule has 72 valence electrons. The van der Waals surface area contributed by atoms with Gasteiger partial charge in [-0.1, -0.05) is 24.3 Å². The van der Waals surface area contributed by atoms with Crippen LogP contribution in [0.3, 0.4) is 0 Å². The normalized spacial score (nSPS) is 12.7. The van der Waals surface area contributed by atoms with E-state index in [1.54, 1.807) is 0 Å². The fourth-order valence-corrected chi connectivity index (χ4v) is 1.37. The van der Waals surface area contributed by atoms with Crippen LogP contribution < -0.4 is 0 Å². The lowest BCUT2D eigenvalue weighted by molar-refractivity contribution is 0.881. The van der Waals surface area contributed by atoms with Crippen LogP contribution in [0.1, 0.15) is 17.7 Å². The summed E-state index contributed by atoms with van der Waals surface area (Å²) in [6, 6.07) is 7.96. The summed E-state index contributed by atoms with van der Waals surface area (Å²) in [7, 11) is 0. The minimum atomic E-state index is 0.245. The molecule has 0 aliphatic carbocycles. The van der Waals surface area contributed by atoms with E-state index in [4.69, 9.17) is 0 Å². The minimum Gasteiger partial charge on any atom is -0.177 e. The van der Waals surface area contributed by atoms with Gasteiger partial charge >= 0.3 is 0 Å². The second-order valence-corrected chi connectivity index (χ2v) is 3.81. The lowest BCUT2D eigenvalue weighted by Crippen LogP contribution is -1.85. The van der Waals surface area contributed by atoms with Crippen LogP contribution in [-0.2, 0) is 0 Å². The number of H-pyrrole nitrogens is 1. The Balaban J connectivity index is 2.31. The summed E-state index contributed by atoms with van der Waals surface area (Å²) < 4.78 is 0. The lowest BCUT2D eigenvalue weighted by Gasteiger charge is -2.03. The second-order valence-electron chi connectivity index (χ2n) is 3.03. The van der Waals surface area contributed by atoms with Crippen molar-refractivity contribution in [1.82, 2.24) is 20.6 Å². The Morgan fingerprint density at radius 3 is 2.50 bits per heavy atom. The van der Waals surface area contributed by atoms with Crippen LogP contribution in [0.4, 0.5) is 0 Å². The molecule has 5 heteroatoms. The third-order valence-electron chi connectivity index (χ3n) is 2.00. The molecule has 1 unspecified atom stereocenters. The summed E-state index contributed by atoms with van der Waals surface area (Å²) in [6.07, 6.45) is 0. The van der Waals surface area contributed by atoms with Crippen LogP contribution in [0, 0.1) is 0 Å². The number of thiol groups is 1. The summed E-state index contributed by atoms with van der Waals surface area (Å²) in [5.74, 6) is 0.614. The average Bonchev–Trinajstić information content (AvgIpc) is 2.71. The highest BCUT2D eigenvalue weighted by atomic mass is 32.1. The molecule has 0 amide bonds. The fourth-order valence-electron chi connectivity index (χ4n) is 1.19. The maximum atomic E-state index is 4.35. The van der Waals surface area contributed by atoms with Gasteiger partial charge in [-0.05, 0) is 17.7 Å². The van der Waals surface area contributed by atoms with Gasteiger partial charge in [0, 0.05) is 10.8 Å². The predicted octanol–water partition coefficient (Wildman–Crippen LogP) is 1.86. The van der Waals surface area contributed by atoms with Gasteiger partial charge in [0.1, 0.15) is 0 Å². The summed E-state index contributed by atoms with van der Waals surface area (Å²) in [5.41, 5.74) is 2.14. The average molecular weight is 206 g/mol. The number of benzene rings is 1. The number of aromatic amines is 1. The van der Waals surface area contributed by atoms with Crippen LogP contribution in [0.5, 0.6) is 0 Å². The highest BCUT2D eigenvalue weighted by Crippen LogP contribution is 2.21. The van der Waals surface area contributed by atoms with E-state index in [2.05, 4.69) is 33.3 Å². The van der Waals surface area contributed by atoms with E-state index in [-0.39, 0.29) is 5.25 Å². The third kappa shape index (κ3) is 1.77. The number of hydrogen-bond donors (Lipinski definition) is 2. The van der Waals surface area contributed by atoms with Crippen molar-refractivity contribution in [2.45, 2.75) is 12.2 Å². The first-order valence-corrected chi connectivity index (χ1v) is 4.81. The van der Waals surface area contributed by atoms with Crippen molar-refractivity contribution in [3.8, 4) is 11.4 Å². The van der Waals surface area contributed by atoms with Crippen LogP contribution in [0.2, 0.25) is 0 Å². The maximum Gasteiger partial charge on any atom is 0.204 e. The molecule has 1 heterocycles. The van der Waals surface area contributed by atoms with E-state index in [0.717, 1.165) is 5.56 Å². The number of hydrogen-bond acceptors (Lipinski definition) is 4. The van der Waals surface area contributed by atoms with E-state index in [9.17, 15) is 0 Å². The van der Waals surface area contributed by atoms with Crippen molar-refractivity contribution >= 4 is 12.6 Å². The summed E-state index contributed by atoms with van der Waals surface area (Å²) in [5, 5.41) is 14.0. The fraction of sp³-hybridized carbons (Fsp3) is 0.222. The highest BCUT2D eigenvalue weighted by molar-refractivity contribution is 7.80. The number of rotatable bonds is 2. The van der Waals surface area contributed by atoms with Crippen molar-refractivity contribution in [2.24, 2.45) is 0 Å². The maximum absolute atomic E-state index is 4.35. The molecule has 4 nitrogen and oxygen atoms in total. The van der Waals surface area contributed by atoms with Gasteiger partial charge in [0.25, 0.3) is 0 Å². The molecule has 14 heavy (non-hydrogen) atoms. The largest absolute Gasteiger partial charge is 0.204 e. The van der Waals surface area contributed by atoms with E-state index in [1.165, 1.54) is 5.56 Å². The van der Waals surface area contributed by atoms with Gasteiger partial charge in [-0.15, -0.1) is 10.2 Å². The SMILES string of the molecule is CC(S)c1ccc(-c2nn[nH]n2)cc1.